The van der Waals surface area contributed by atoms with Crippen molar-refractivity contribution in [1.82, 2.24) is 29.0 Å². The summed E-state index contributed by atoms with van der Waals surface area (Å²) in [4.78, 5) is 27.9. The number of carboxylic acids is 1. The Balaban J connectivity index is 1.09. The van der Waals surface area contributed by atoms with Crippen molar-refractivity contribution in [3.63, 3.8) is 0 Å². The molecule has 0 bridgehead atoms. The Morgan fingerprint density at radius 2 is 1.91 bits per heavy atom. The third-order valence-electron chi connectivity index (χ3n) is 7.89. The first-order valence-corrected chi connectivity index (χ1v) is 14.8. The molecule has 0 atom stereocenters. The number of pyridine rings is 1. The maximum atomic E-state index is 14.2. The monoisotopic (exact) mass is 609 g/mol. The Labute approximate surface area is 259 Å². The predicted molar refractivity (Wildman–Crippen MR) is 162 cm³/mol. The highest BCUT2D eigenvalue weighted by atomic mass is 19.1. The van der Waals surface area contributed by atoms with Gasteiger partial charge in [0.05, 0.1) is 53.3 Å². The molecule has 0 unspecified atom stereocenters. The van der Waals surface area contributed by atoms with Gasteiger partial charge in [-0.2, -0.15) is 10.2 Å². The number of aryl methyl sites for hydroxylation is 1. The summed E-state index contributed by atoms with van der Waals surface area (Å²) < 4.78 is 30.2. The van der Waals surface area contributed by atoms with Crippen LogP contribution in [0.3, 0.4) is 0 Å². The molecule has 1 aliphatic heterocycles. The number of carboxylic acid groups (broad SMARTS) is 1. The molecule has 0 amide bonds. The normalized spacial score (nSPS) is 14.0. The van der Waals surface area contributed by atoms with E-state index < -0.39 is 11.8 Å². The minimum absolute atomic E-state index is 0.0186. The number of piperidine rings is 1. The smallest absolute Gasteiger partial charge is 0.335 e. The van der Waals surface area contributed by atoms with E-state index in [1.165, 1.54) is 12.1 Å². The van der Waals surface area contributed by atoms with E-state index in [2.05, 4.69) is 26.4 Å². The second kappa shape index (κ2) is 13.2. The molecule has 1 N–H and O–H groups in total. The van der Waals surface area contributed by atoms with Gasteiger partial charge in [-0.05, 0) is 50.1 Å². The fourth-order valence-corrected chi connectivity index (χ4v) is 5.41. The first-order valence-electron chi connectivity index (χ1n) is 14.8. The number of hydrogen-bond acceptors (Lipinski definition) is 8. The van der Waals surface area contributed by atoms with Gasteiger partial charge in [0.2, 0.25) is 11.8 Å². The minimum atomic E-state index is -0.977. The summed E-state index contributed by atoms with van der Waals surface area (Å²) in [6.07, 6.45) is 5.34. The number of benzene rings is 2. The van der Waals surface area contributed by atoms with Crippen molar-refractivity contribution in [1.29, 1.82) is 5.26 Å². The van der Waals surface area contributed by atoms with Crippen LogP contribution in [0.1, 0.15) is 52.8 Å². The number of fused-ring (bicyclic) bond motifs is 1. The van der Waals surface area contributed by atoms with Crippen molar-refractivity contribution in [3.8, 4) is 17.8 Å². The Kier molecular flexibility index (Phi) is 8.70. The van der Waals surface area contributed by atoms with Crippen LogP contribution in [0, 0.1) is 17.1 Å². The van der Waals surface area contributed by atoms with Gasteiger partial charge in [-0.25, -0.2) is 19.2 Å². The molecular weight excluding hydrogens is 577 g/mol. The zero-order valence-electron chi connectivity index (χ0n) is 24.8. The van der Waals surface area contributed by atoms with Gasteiger partial charge in [0.15, 0.2) is 0 Å². The molecule has 1 saturated heterocycles. The van der Waals surface area contributed by atoms with Crippen LogP contribution in [0.4, 0.5) is 4.39 Å². The van der Waals surface area contributed by atoms with Gasteiger partial charge >= 0.3 is 5.97 Å². The summed E-state index contributed by atoms with van der Waals surface area (Å²) in [5.74, 6) is 0.135. The SMILES string of the molecule is CCn1cnc(Cn2c(CN3CCC(Oc4cccc(OCc5ccc(C#N)cc5F)n4)CC3)nc3ccc(C(=O)O)cc32)c1. The van der Waals surface area contributed by atoms with E-state index in [-0.39, 0.29) is 23.8 Å². The van der Waals surface area contributed by atoms with Crippen molar-refractivity contribution in [2.24, 2.45) is 0 Å². The molecule has 0 radical (unpaired) electrons. The van der Waals surface area contributed by atoms with Gasteiger partial charge in [-0.3, -0.25) is 4.90 Å². The standard InChI is InChI=1S/C33H32FN7O4/c1-2-39-17-25(36-21-39)18-41-29-15-23(33(42)43)8-9-28(29)37-30(41)19-40-12-10-26(11-13-40)45-32-5-3-4-31(38-32)44-20-24-7-6-22(16-35)14-27(24)34/h3-9,14-15,17,21,26H,2,10-13,18-20H2,1H3,(H,42,43). The zero-order valence-corrected chi connectivity index (χ0v) is 24.8. The fourth-order valence-electron chi connectivity index (χ4n) is 5.41. The van der Waals surface area contributed by atoms with Crippen LogP contribution in [-0.2, 0) is 26.2 Å². The maximum Gasteiger partial charge on any atom is 0.335 e. The van der Waals surface area contributed by atoms with E-state index in [1.807, 2.05) is 16.8 Å². The molecule has 0 saturated carbocycles. The molecule has 12 heteroatoms. The minimum Gasteiger partial charge on any atom is -0.478 e. The zero-order chi connectivity index (χ0) is 31.3. The van der Waals surface area contributed by atoms with E-state index in [0.29, 0.717) is 30.4 Å². The summed E-state index contributed by atoms with van der Waals surface area (Å²) in [5.41, 5.74) is 3.20. The molecule has 4 heterocycles. The van der Waals surface area contributed by atoms with Gasteiger partial charge < -0.3 is 23.7 Å². The van der Waals surface area contributed by atoms with Crippen molar-refractivity contribution < 1.29 is 23.8 Å². The highest BCUT2D eigenvalue weighted by Gasteiger charge is 2.24. The molecule has 2 aromatic carbocycles. The number of likely N-dealkylation sites (tertiary alicyclic amines) is 1. The van der Waals surface area contributed by atoms with Crippen molar-refractivity contribution in [2.75, 3.05) is 13.1 Å². The van der Waals surface area contributed by atoms with E-state index in [0.717, 1.165) is 55.0 Å². The first kappa shape index (κ1) is 29.8. The highest BCUT2D eigenvalue weighted by molar-refractivity contribution is 5.92. The molecular formula is C33H32FN7O4. The van der Waals surface area contributed by atoms with Crippen LogP contribution in [0.15, 0.2) is 67.1 Å². The second-order valence-corrected chi connectivity index (χ2v) is 10.9. The van der Waals surface area contributed by atoms with Gasteiger partial charge in [-0.15, -0.1) is 0 Å². The quantitative estimate of drug-likeness (QED) is 0.219. The van der Waals surface area contributed by atoms with Crippen LogP contribution in [-0.4, -0.2) is 59.3 Å². The van der Waals surface area contributed by atoms with E-state index >= 15 is 0 Å². The number of hydrogen-bond donors (Lipinski definition) is 1. The van der Waals surface area contributed by atoms with Crippen LogP contribution < -0.4 is 9.47 Å². The number of ether oxygens (including phenoxy) is 2. The number of nitriles is 1. The lowest BCUT2D eigenvalue weighted by atomic mass is 10.1. The Morgan fingerprint density at radius 3 is 2.64 bits per heavy atom. The molecule has 6 rings (SSSR count). The molecule has 3 aromatic heterocycles. The number of aromatic carboxylic acids is 1. The number of rotatable bonds is 11. The van der Waals surface area contributed by atoms with Gasteiger partial charge in [0.25, 0.3) is 0 Å². The number of imidazole rings is 2. The van der Waals surface area contributed by atoms with Crippen molar-refractivity contribution >= 4 is 17.0 Å². The summed E-state index contributed by atoms with van der Waals surface area (Å²) >= 11 is 0. The van der Waals surface area contributed by atoms with Gasteiger partial charge in [-0.1, -0.05) is 12.1 Å². The lowest BCUT2D eigenvalue weighted by Gasteiger charge is -2.31. The summed E-state index contributed by atoms with van der Waals surface area (Å²) in [6.45, 7) is 5.51. The molecule has 45 heavy (non-hydrogen) atoms. The van der Waals surface area contributed by atoms with E-state index in [1.54, 1.807) is 48.8 Å². The van der Waals surface area contributed by atoms with Crippen molar-refractivity contribution in [2.45, 2.75) is 52.1 Å². The van der Waals surface area contributed by atoms with Crippen LogP contribution in [0.25, 0.3) is 11.0 Å². The van der Waals surface area contributed by atoms with Crippen molar-refractivity contribution in [3.05, 3.63) is 101 Å². The van der Waals surface area contributed by atoms with Crippen LogP contribution >= 0.6 is 0 Å². The van der Waals surface area contributed by atoms with E-state index in [4.69, 9.17) is 19.7 Å². The lowest BCUT2D eigenvalue weighted by molar-refractivity contribution is 0.0697. The topological polar surface area (TPSA) is 131 Å². The first-order chi connectivity index (χ1) is 21.9. The highest BCUT2D eigenvalue weighted by Crippen LogP contribution is 2.24. The molecule has 0 spiro atoms. The molecule has 11 nitrogen and oxygen atoms in total. The Bertz CT molecular complexity index is 1870. The molecule has 0 aliphatic carbocycles. The average Bonchev–Trinajstić information content (AvgIpc) is 3.65. The van der Waals surface area contributed by atoms with Gasteiger partial charge in [0.1, 0.15) is 24.4 Å². The fraction of sp³-hybridized carbons (Fsp3) is 0.303. The average molecular weight is 610 g/mol. The third kappa shape index (κ3) is 6.94. The Morgan fingerprint density at radius 1 is 1.09 bits per heavy atom. The number of carbonyl (C=O) groups is 1. The van der Waals surface area contributed by atoms with Crippen LogP contribution in [0.2, 0.25) is 0 Å². The van der Waals surface area contributed by atoms with Crippen LogP contribution in [0.5, 0.6) is 11.8 Å². The maximum absolute atomic E-state index is 14.2. The number of nitrogens with zero attached hydrogens (tertiary/aromatic N) is 7. The number of aromatic nitrogens is 5. The summed E-state index contributed by atoms with van der Waals surface area (Å²) in [6, 6.07) is 16.4. The summed E-state index contributed by atoms with van der Waals surface area (Å²) in [5, 5.41) is 18.5. The third-order valence-corrected chi connectivity index (χ3v) is 7.89. The van der Waals surface area contributed by atoms with E-state index in [9.17, 15) is 14.3 Å². The Hall–Kier alpha value is -5.28. The lowest BCUT2D eigenvalue weighted by Crippen LogP contribution is -2.38. The van der Waals surface area contributed by atoms with Gasteiger partial charge in [0, 0.05) is 43.5 Å². The molecule has 5 aromatic rings. The molecule has 1 aliphatic rings. The number of halogens is 1. The predicted octanol–water partition coefficient (Wildman–Crippen LogP) is 5.03. The largest absolute Gasteiger partial charge is 0.478 e. The molecule has 1 fully saturated rings. The second-order valence-electron chi connectivity index (χ2n) is 10.9. The summed E-state index contributed by atoms with van der Waals surface area (Å²) in [7, 11) is 0. The molecule has 230 valence electrons.